The summed E-state index contributed by atoms with van der Waals surface area (Å²) in [6.45, 7) is 5.58. The second-order valence-electron chi connectivity index (χ2n) is 5.34. The molecule has 0 aliphatic carbocycles. The maximum absolute atomic E-state index is 5.57. The number of para-hydroxylation sites is 1. The van der Waals surface area contributed by atoms with Crippen molar-refractivity contribution < 1.29 is 4.74 Å². The number of tetrazole rings is 1. The predicted molar refractivity (Wildman–Crippen MR) is 80.6 cm³/mol. The summed E-state index contributed by atoms with van der Waals surface area (Å²) in [6.07, 6.45) is 2.36. The van der Waals surface area contributed by atoms with Crippen molar-refractivity contribution >= 4 is 5.95 Å². The van der Waals surface area contributed by atoms with E-state index in [1.54, 1.807) is 0 Å². The molecule has 1 saturated heterocycles. The van der Waals surface area contributed by atoms with Crippen molar-refractivity contribution in [1.29, 1.82) is 0 Å². The van der Waals surface area contributed by atoms with E-state index in [2.05, 4.69) is 20.4 Å². The number of hydrogen-bond donors (Lipinski definition) is 0. The van der Waals surface area contributed by atoms with Gasteiger partial charge in [0.05, 0.1) is 12.3 Å². The second-order valence-corrected chi connectivity index (χ2v) is 5.34. The summed E-state index contributed by atoms with van der Waals surface area (Å²) in [5, 5.41) is 12.2. The van der Waals surface area contributed by atoms with E-state index in [1.807, 2.05) is 41.9 Å². The summed E-state index contributed by atoms with van der Waals surface area (Å²) in [5.74, 6) is 1.38. The van der Waals surface area contributed by atoms with Crippen LogP contribution in [0.25, 0.3) is 5.69 Å². The molecule has 0 amide bonds. The van der Waals surface area contributed by atoms with Crippen molar-refractivity contribution in [2.45, 2.75) is 19.8 Å². The fraction of sp³-hybridized carbons (Fsp3) is 0.533. The first-order valence-electron chi connectivity index (χ1n) is 7.55. The molecule has 6 nitrogen and oxygen atoms in total. The van der Waals surface area contributed by atoms with Crippen LogP contribution in [-0.2, 0) is 4.74 Å². The quantitative estimate of drug-likeness (QED) is 0.841. The number of aromatic nitrogens is 4. The van der Waals surface area contributed by atoms with Crippen molar-refractivity contribution in [3.05, 3.63) is 30.3 Å². The van der Waals surface area contributed by atoms with Crippen LogP contribution in [-0.4, -0.2) is 46.5 Å². The average Bonchev–Trinajstić information content (AvgIpc) is 3.04. The van der Waals surface area contributed by atoms with Crippen LogP contribution in [0.15, 0.2) is 30.3 Å². The minimum absolute atomic E-state index is 0.555. The van der Waals surface area contributed by atoms with Gasteiger partial charge in [-0.2, -0.15) is 4.68 Å². The third-order valence-electron chi connectivity index (χ3n) is 3.81. The predicted octanol–water partition coefficient (Wildman–Crippen LogP) is 1.92. The highest BCUT2D eigenvalue weighted by molar-refractivity contribution is 5.40. The second kappa shape index (κ2) is 6.67. The summed E-state index contributed by atoms with van der Waals surface area (Å²) >= 11 is 0. The van der Waals surface area contributed by atoms with Crippen LogP contribution in [0.4, 0.5) is 5.95 Å². The fourth-order valence-electron chi connectivity index (χ4n) is 2.78. The largest absolute Gasteiger partial charge is 0.381 e. The highest BCUT2D eigenvalue weighted by atomic mass is 16.5. The van der Waals surface area contributed by atoms with Crippen molar-refractivity contribution in [2.75, 3.05) is 31.2 Å². The van der Waals surface area contributed by atoms with Gasteiger partial charge in [0.1, 0.15) is 0 Å². The number of nitrogens with zero attached hydrogens (tertiary/aromatic N) is 5. The van der Waals surface area contributed by atoms with Gasteiger partial charge in [0, 0.05) is 19.7 Å². The Kier molecular flexibility index (Phi) is 4.45. The summed E-state index contributed by atoms with van der Waals surface area (Å²) in [4.78, 5) is 2.26. The van der Waals surface area contributed by atoms with Crippen molar-refractivity contribution in [2.24, 2.45) is 5.92 Å². The molecule has 2 aromatic rings. The monoisotopic (exact) mass is 287 g/mol. The number of anilines is 1. The molecule has 1 aliphatic heterocycles. The molecule has 1 aromatic carbocycles. The molecule has 0 spiro atoms. The van der Waals surface area contributed by atoms with Gasteiger partial charge < -0.3 is 9.64 Å². The Morgan fingerprint density at radius 1 is 1.29 bits per heavy atom. The molecule has 1 atom stereocenters. The van der Waals surface area contributed by atoms with Gasteiger partial charge in [0.2, 0.25) is 5.95 Å². The van der Waals surface area contributed by atoms with Gasteiger partial charge in [-0.1, -0.05) is 23.3 Å². The Labute approximate surface area is 124 Å². The van der Waals surface area contributed by atoms with Gasteiger partial charge in [0.15, 0.2) is 0 Å². The zero-order valence-corrected chi connectivity index (χ0v) is 12.4. The van der Waals surface area contributed by atoms with Gasteiger partial charge in [-0.25, -0.2) is 0 Å². The third-order valence-corrected chi connectivity index (χ3v) is 3.81. The third kappa shape index (κ3) is 3.21. The highest BCUT2D eigenvalue weighted by Gasteiger charge is 2.24. The molecule has 0 N–H and O–H groups in total. The number of ether oxygens (including phenoxy) is 1. The lowest BCUT2D eigenvalue weighted by atomic mass is 9.99. The highest BCUT2D eigenvalue weighted by Crippen LogP contribution is 2.23. The number of hydrogen-bond acceptors (Lipinski definition) is 5. The molecule has 2 heterocycles. The van der Waals surface area contributed by atoms with Crippen LogP contribution in [0.3, 0.4) is 0 Å². The zero-order chi connectivity index (χ0) is 14.5. The van der Waals surface area contributed by atoms with Crippen LogP contribution < -0.4 is 4.90 Å². The van der Waals surface area contributed by atoms with Gasteiger partial charge in [-0.05, 0) is 48.2 Å². The molecule has 21 heavy (non-hydrogen) atoms. The molecule has 1 unspecified atom stereocenters. The lowest BCUT2D eigenvalue weighted by Crippen LogP contribution is -2.38. The van der Waals surface area contributed by atoms with E-state index in [4.69, 9.17) is 4.74 Å². The SMILES string of the molecule is CCOCC1CCCN(c2nnnn2-c2ccccc2)C1. The number of benzene rings is 1. The van der Waals surface area contributed by atoms with E-state index in [-0.39, 0.29) is 0 Å². The molecule has 112 valence electrons. The van der Waals surface area contributed by atoms with E-state index in [0.717, 1.165) is 44.4 Å². The van der Waals surface area contributed by atoms with Crippen LogP contribution in [0.2, 0.25) is 0 Å². The Bertz CT molecular complexity index is 556. The van der Waals surface area contributed by atoms with E-state index in [9.17, 15) is 0 Å². The molecule has 6 heteroatoms. The van der Waals surface area contributed by atoms with E-state index >= 15 is 0 Å². The smallest absolute Gasteiger partial charge is 0.250 e. The molecular formula is C15H21N5O. The fourth-order valence-corrected chi connectivity index (χ4v) is 2.78. The zero-order valence-electron chi connectivity index (χ0n) is 12.4. The van der Waals surface area contributed by atoms with Crippen LogP contribution in [0, 0.1) is 5.92 Å². The normalized spacial score (nSPS) is 18.9. The molecular weight excluding hydrogens is 266 g/mol. The molecule has 3 rings (SSSR count). The first-order chi connectivity index (χ1) is 10.4. The Morgan fingerprint density at radius 2 is 2.14 bits per heavy atom. The summed E-state index contributed by atoms with van der Waals surface area (Å²) in [6, 6.07) is 10.0. The lowest BCUT2D eigenvalue weighted by Gasteiger charge is -2.32. The van der Waals surface area contributed by atoms with E-state index in [0.29, 0.717) is 5.92 Å². The molecule has 0 saturated carbocycles. The molecule has 1 fully saturated rings. The van der Waals surface area contributed by atoms with Crippen LogP contribution in [0.5, 0.6) is 0 Å². The maximum atomic E-state index is 5.57. The lowest BCUT2D eigenvalue weighted by molar-refractivity contribution is 0.104. The van der Waals surface area contributed by atoms with Gasteiger partial charge in [-0.15, -0.1) is 0 Å². The first kappa shape index (κ1) is 14.0. The average molecular weight is 287 g/mol. The molecule has 1 aliphatic rings. The first-order valence-corrected chi connectivity index (χ1v) is 7.55. The van der Waals surface area contributed by atoms with Crippen molar-refractivity contribution in [3.8, 4) is 5.69 Å². The van der Waals surface area contributed by atoms with Gasteiger partial charge >= 0.3 is 0 Å². The topological polar surface area (TPSA) is 56.1 Å². The molecule has 1 aromatic heterocycles. The summed E-state index contributed by atoms with van der Waals surface area (Å²) in [5.41, 5.74) is 0.990. The van der Waals surface area contributed by atoms with Crippen molar-refractivity contribution in [1.82, 2.24) is 20.2 Å². The van der Waals surface area contributed by atoms with Crippen LogP contribution >= 0.6 is 0 Å². The Morgan fingerprint density at radius 3 is 2.95 bits per heavy atom. The number of piperidine rings is 1. The standard InChI is InChI=1S/C15H21N5O/c1-2-21-12-13-7-6-10-19(11-13)15-16-17-18-20(15)14-8-4-3-5-9-14/h3-5,8-9,13H,2,6-7,10-12H2,1H3. The molecule has 0 radical (unpaired) electrons. The van der Waals surface area contributed by atoms with Crippen molar-refractivity contribution in [3.63, 3.8) is 0 Å². The maximum Gasteiger partial charge on any atom is 0.250 e. The van der Waals surface area contributed by atoms with Crippen LogP contribution in [0.1, 0.15) is 19.8 Å². The van der Waals surface area contributed by atoms with Gasteiger partial charge in [0.25, 0.3) is 0 Å². The summed E-state index contributed by atoms with van der Waals surface area (Å²) < 4.78 is 7.38. The van der Waals surface area contributed by atoms with E-state index in [1.165, 1.54) is 6.42 Å². The molecule has 0 bridgehead atoms. The Hall–Kier alpha value is -1.95. The minimum Gasteiger partial charge on any atom is -0.381 e. The number of rotatable bonds is 5. The Balaban J connectivity index is 1.76. The minimum atomic E-state index is 0.555. The summed E-state index contributed by atoms with van der Waals surface area (Å²) in [7, 11) is 0. The van der Waals surface area contributed by atoms with Gasteiger partial charge in [-0.3, -0.25) is 0 Å². The van der Waals surface area contributed by atoms with E-state index < -0.39 is 0 Å².